The van der Waals surface area contributed by atoms with Crippen LogP contribution in [0, 0.1) is 0 Å². The van der Waals surface area contributed by atoms with Crippen LogP contribution < -0.4 is 11.3 Å². The van der Waals surface area contributed by atoms with E-state index in [1.165, 1.54) is 0 Å². The van der Waals surface area contributed by atoms with E-state index in [-0.39, 0.29) is 18.7 Å². The number of aliphatic hydroxyl groups excluding tert-OH is 1. The molecular weight excluding hydrogens is 204 g/mol. The molecule has 0 saturated heterocycles. The Morgan fingerprint density at radius 3 is 2.62 bits per heavy atom. The van der Waals surface area contributed by atoms with E-state index in [0.717, 1.165) is 5.69 Å². The second kappa shape index (κ2) is 5.82. The molecule has 1 aromatic rings. The minimum Gasteiger partial charge on any atom is -0.396 e. The number of hydrogen-bond donors (Lipinski definition) is 2. The van der Waals surface area contributed by atoms with Gasteiger partial charge in [0.2, 0.25) is 0 Å². The monoisotopic (exact) mass is 224 g/mol. The summed E-state index contributed by atoms with van der Waals surface area (Å²) in [6, 6.07) is 3.75. The number of pyridine rings is 1. The molecule has 0 aliphatic carbocycles. The lowest BCUT2D eigenvalue weighted by Gasteiger charge is -2.16. The predicted molar refractivity (Wildman–Crippen MR) is 64.4 cm³/mol. The van der Waals surface area contributed by atoms with E-state index < -0.39 is 0 Å². The zero-order valence-electron chi connectivity index (χ0n) is 9.94. The van der Waals surface area contributed by atoms with Gasteiger partial charge in [-0.2, -0.15) is 0 Å². The molecule has 0 saturated carbocycles. The Morgan fingerprint density at radius 2 is 2.12 bits per heavy atom. The highest BCUT2D eigenvalue weighted by atomic mass is 16.3. The van der Waals surface area contributed by atoms with Gasteiger partial charge in [0.15, 0.2) is 0 Å². The SMILES string of the molecule is CC(C)c1ccc(CN)c(=O)n1CCCO. The highest BCUT2D eigenvalue weighted by molar-refractivity contribution is 5.18. The van der Waals surface area contributed by atoms with Crippen LogP contribution in [0.1, 0.15) is 37.4 Å². The van der Waals surface area contributed by atoms with Crippen molar-refractivity contribution in [2.24, 2.45) is 5.73 Å². The van der Waals surface area contributed by atoms with Crippen LogP contribution in [0.5, 0.6) is 0 Å². The van der Waals surface area contributed by atoms with Gasteiger partial charge in [-0.05, 0) is 18.4 Å². The van der Waals surface area contributed by atoms with E-state index >= 15 is 0 Å². The van der Waals surface area contributed by atoms with Crippen molar-refractivity contribution >= 4 is 0 Å². The van der Waals surface area contributed by atoms with E-state index in [2.05, 4.69) is 0 Å². The molecule has 0 fully saturated rings. The topological polar surface area (TPSA) is 68.2 Å². The summed E-state index contributed by atoms with van der Waals surface area (Å²) in [4.78, 5) is 12.0. The minimum atomic E-state index is -0.0258. The van der Waals surface area contributed by atoms with Crippen LogP contribution in [-0.2, 0) is 13.1 Å². The van der Waals surface area contributed by atoms with E-state index in [0.29, 0.717) is 24.4 Å². The predicted octanol–water partition coefficient (Wildman–Crippen LogP) is 0.813. The van der Waals surface area contributed by atoms with Gasteiger partial charge < -0.3 is 15.4 Å². The first-order valence-electron chi connectivity index (χ1n) is 5.65. The highest BCUT2D eigenvalue weighted by Crippen LogP contribution is 2.13. The van der Waals surface area contributed by atoms with Crippen molar-refractivity contribution in [1.29, 1.82) is 0 Å². The Balaban J connectivity index is 3.20. The molecule has 0 aliphatic heterocycles. The van der Waals surface area contributed by atoms with Crippen molar-refractivity contribution in [1.82, 2.24) is 4.57 Å². The molecule has 1 rings (SSSR count). The van der Waals surface area contributed by atoms with E-state index in [4.69, 9.17) is 10.8 Å². The maximum atomic E-state index is 12.0. The molecule has 0 aromatic carbocycles. The van der Waals surface area contributed by atoms with Crippen molar-refractivity contribution in [3.8, 4) is 0 Å². The zero-order valence-corrected chi connectivity index (χ0v) is 9.94. The van der Waals surface area contributed by atoms with Crippen LogP contribution >= 0.6 is 0 Å². The molecule has 3 N–H and O–H groups in total. The molecule has 0 radical (unpaired) electrons. The van der Waals surface area contributed by atoms with Crippen molar-refractivity contribution in [2.45, 2.75) is 39.3 Å². The molecule has 1 aromatic heterocycles. The van der Waals surface area contributed by atoms with E-state index in [1.54, 1.807) is 10.6 Å². The maximum absolute atomic E-state index is 12.0. The Bertz CT molecular complexity index is 396. The van der Waals surface area contributed by atoms with Gasteiger partial charge >= 0.3 is 0 Å². The number of nitrogens with zero attached hydrogens (tertiary/aromatic N) is 1. The lowest BCUT2D eigenvalue weighted by Crippen LogP contribution is -2.28. The molecule has 4 heteroatoms. The summed E-state index contributed by atoms with van der Waals surface area (Å²) in [5.41, 5.74) is 7.11. The number of hydrogen-bond acceptors (Lipinski definition) is 3. The summed E-state index contributed by atoms with van der Waals surface area (Å²) in [7, 11) is 0. The van der Waals surface area contributed by atoms with Gasteiger partial charge in [0.25, 0.3) is 5.56 Å². The number of nitrogens with two attached hydrogens (primary N) is 1. The Morgan fingerprint density at radius 1 is 1.44 bits per heavy atom. The van der Waals surface area contributed by atoms with Crippen LogP contribution in [-0.4, -0.2) is 16.3 Å². The molecular formula is C12H20N2O2. The van der Waals surface area contributed by atoms with Crippen LogP contribution in [0.3, 0.4) is 0 Å². The number of rotatable bonds is 5. The largest absolute Gasteiger partial charge is 0.396 e. The second-order valence-corrected chi connectivity index (χ2v) is 4.18. The Hall–Kier alpha value is -1.13. The van der Waals surface area contributed by atoms with Crippen molar-refractivity contribution < 1.29 is 5.11 Å². The number of aromatic nitrogens is 1. The molecule has 0 aliphatic rings. The summed E-state index contributed by atoms with van der Waals surface area (Å²) >= 11 is 0. The lowest BCUT2D eigenvalue weighted by atomic mass is 10.1. The third kappa shape index (κ3) is 2.71. The molecule has 16 heavy (non-hydrogen) atoms. The van der Waals surface area contributed by atoms with Crippen molar-refractivity contribution in [2.75, 3.05) is 6.61 Å². The third-order valence-electron chi connectivity index (χ3n) is 2.64. The molecule has 0 atom stereocenters. The summed E-state index contributed by atoms with van der Waals surface area (Å²) < 4.78 is 1.73. The smallest absolute Gasteiger partial charge is 0.255 e. The van der Waals surface area contributed by atoms with Crippen LogP contribution in [0.4, 0.5) is 0 Å². The quantitative estimate of drug-likeness (QED) is 0.777. The lowest BCUT2D eigenvalue weighted by molar-refractivity contribution is 0.278. The molecule has 1 heterocycles. The fraction of sp³-hybridized carbons (Fsp3) is 0.583. The van der Waals surface area contributed by atoms with Gasteiger partial charge in [-0.3, -0.25) is 4.79 Å². The Kier molecular flexibility index (Phi) is 4.71. The molecule has 0 spiro atoms. The molecule has 90 valence electrons. The summed E-state index contributed by atoms with van der Waals surface area (Å²) in [5.74, 6) is 0.290. The average molecular weight is 224 g/mol. The summed E-state index contributed by atoms with van der Waals surface area (Å²) in [5, 5.41) is 8.83. The van der Waals surface area contributed by atoms with Gasteiger partial charge in [-0.25, -0.2) is 0 Å². The standard InChI is InChI=1S/C12H20N2O2/c1-9(2)11-5-4-10(8-13)12(16)14(11)6-3-7-15/h4-5,9,15H,3,6-8,13H2,1-2H3. The van der Waals surface area contributed by atoms with Crippen LogP contribution in [0.15, 0.2) is 16.9 Å². The second-order valence-electron chi connectivity index (χ2n) is 4.18. The van der Waals surface area contributed by atoms with Gasteiger partial charge in [0, 0.05) is 31.0 Å². The van der Waals surface area contributed by atoms with E-state index in [1.807, 2.05) is 19.9 Å². The van der Waals surface area contributed by atoms with Crippen molar-refractivity contribution in [3.63, 3.8) is 0 Å². The first-order valence-corrected chi connectivity index (χ1v) is 5.65. The van der Waals surface area contributed by atoms with E-state index in [9.17, 15) is 4.79 Å². The summed E-state index contributed by atoms with van der Waals surface area (Å²) in [6.07, 6.45) is 0.591. The zero-order chi connectivity index (χ0) is 12.1. The minimum absolute atomic E-state index is 0.0258. The van der Waals surface area contributed by atoms with Crippen molar-refractivity contribution in [3.05, 3.63) is 33.7 Å². The normalized spacial score (nSPS) is 11.1. The molecule has 0 bridgehead atoms. The highest BCUT2D eigenvalue weighted by Gasteiger charge is 2.10. The van der Waals surface area contributed by atoms with Gasteiger partial charge in [0.05, 0.1) is 0 Å². The summed E-state index contributed by atoms with van der Waals surface area (Å²) in [6.45, 7) is 5.00. The maximum Gasteiger partial charge on any atom is 0.255 e. The average Bonchev–Trinajstić information content (AvgIpc) is 2.26. The number of aliphatic hydroxyl groups is 1. The first kappa shape index (κ1) is 12.9. The third-order valence-corrected chi connectivity index (χ3v) is 2.64. The molecule has 4 nitrogen and oxygen atoms in total. The van der Waals surface area contributed by atoms with Gasteiger partial charge in [-0.15, -0.1) is 0 Å². The molecule has 0 amide bonds. The van der Waals surface area contributed by atoms with Gasteiger partial charge in [0.1, 0.15) is 0 Å². The Labute approximate surface area is 95.7 Å². The fourth-order valence-electron chi connectivity index (χ4n) is 1.76. The van der Waals surface area contributed by atoms with Gasteiger partial charge in [-0.1, -0.05) is 19.9 Å². The first-order chi connectivity index (χ1) is 7.61. The molecule has 0 unspecified atom stereocenters. The fourth-order valence-corrected chi connectivity index (χ4v) is 1.76. The van der Waals surface area contributed by atoms with Crippen LogP contribution in [0.25, 0.3) is 0 Å². The van der Waals surface area contributed by atoms with Crippen LogP contribution in [0.2, 0.25) is 0 Å².